The van der Waals surface area contributed by atoms with Crippen LogP contribution in [-0.2, 0) is 10.2 Å². The van der Waals surface area contributed by atoms with Gasteiger partial charge in [0, 0.05) is 5.41 Å². The van der Waals surface area contributed by atoms with Gasteiger partial charge in [-0.15, -0.1) is 0 Å². The van der Waals surface area contributed by atoms with Gasteiger partial charge in [-0.05, 0) is 24.4 Å². The number of hydrogen-bond donors (Lipinski definition) is 1. The summed E-state index contributed by atoms with van der Waals surface area (Å²) in [6.45, 7) is 8.84. The molecule has 0 aliphatic carbocycles. The van der Waals surface area contributed by atoms with Crippen molar-refractivity contribution in [3.63, 3.8) is 0 Å². The molecular weight excluding hydrogens is 198 g/mol. The molecule has 1 heterocycles. The second-order valence-electron chi connectivity index (χ2n) is 5.53. The molecule has 2 N–H and O–H groups in total. The van der Waals surface area contributed by atoms with Crippen molar-refractivity contribution in [1.29, 1.82) is 0 Å². The Kier molecular flexibility index (Phi) is 2.81. The molecule has 1 aliphatic heterocycles. The van der Waals surface area contributed by atoms with Crippen LogP contribution >= 0.6 is 0 Å². The normalized spacial score (nSPS) is 19.2. The molecule has 0 unspecified atom stereocenters. The van der Waals surface area contributed by atoms with Crippen LogP contribution < -0.4 is 5.73 Å². The molecule has 2 rings (SSSR count). The van der Waals surface area contributed by atoms with Crippen molar-refractivity contribution in [2.45, 2.75) is 26.2 Å². The molecule has 1 aromatic carbocycles. The third-order valence-electron chi connectivity index (χ3n) is 4.11. The predicted octanol–water partition coefficient (Wildman–Crippen LogP) is 2.25. The van der Waals surface area contributed by atoms with Gasteiger partial charge < -0.3 is 10.5 Å². The van der Waals surface area contributed by atoms with E-state index in [1.165, 1.54) is 11.1 Å². The van der Waals surface area contributed by atoms with Crippen molar-refractivity contribution < 1.29 is 4.74 Å². The van der Waals surface area contributed by atoms with Crippen molar-refractivity contribution in [2.24, 2.45) is 11.1 Å². The topological polar surface area (TPSA) is 35.2 Å². The SMILES string of the molecule is Cc1ccc(C2(C(C)(C)CN)COC2)cc1. The van der Waals surface area contributed by atoms with Crippen molar-refractivity contribution in [3.05, 3.63) is 35.4 Å². The van der Waals surface area contributed by atoms with Gasteiger partial charge in [-0.25, -0.2) is 0 Å². The number of ether oxygens (including phenoxy) is 1. The Morgan fingerprint density at radius 3 is 2.19 bits per heavy atom. The van der Waals surface area contributed by atoms with Gasteiger partial charge in [-0.3, -0.25) is 0 Å². The van der Waals surface area contributed by atoms with Gasteiger partial charge in [0.2, 0.25) is 0 Å². The number of aryl methyl sites for hydroxylation is 1. The Bertz CT molecular complexity index is 363. The summed E-state index contributed by atoms with van der Waals surface area (Å²) < 4.78 is 5.46. The zero-order chi connectivity index (χ0) is 11.8. The van der Waals surface area contributed by atoms with E-state index < -0.39 is 0 Å². The minimum atomic E-state index is 0.0838. The van der Waals surface area contributed by atoms with Crippen molar-refractivity contribution in [3.8, 4) is 0 Å². The van der Waals surface area contributed by atoms with Crippen LogP contribution in [0.1, 0.15) is 25.0 Å². The number of nitrogens with two attached hydrogens (primary N) is 1. The maximum absolute atomic E-state index is 5.91. The van der Waals surface area contributed by atoms with Gasteiger partial charge in [-0.1, -0.05) is 43.7 Å². The van der Waals surface area contributed by atoms with E-state index in [9.17, 15) is 0 Å². The highest BCUT2D eigenvalue weighted by Crippen LogP contribution is 2.46. The molecule has 0 radical (unpaired) electrons. The van der Waals surface area contributed by atoms with Gasteiger partial charge in [-0.2, -0.15) is 0 Å². The molecule has 0 spiro atoms. The fraction of sp³-hybridized carbons (Fsp3) is 0.571. The molecule has 1 saturated heterocycles. The maximum Gasteiger partial charge on any atom is 0.0591 e. The van der Waals surface area contributed by atoms with Gasteiger partial charge in [0.1, 0.15) is 0 Å². The lowest BCUT2D eigenvalue weighted by atomic mass is 9.60. The number of rotatable bonds is 3. The smallest absolute Gasteiger partial charge is 0.0591 e. The highest BCUT2D eigenvalue weighted by Gasteiger charge is 2.51. The highest BCUT2D eigenvalue weighted by molar-refractivity contribution is 5.33. The third-order valence-corrected chi connectivity index (χ3v) is 4.11. The average Bonchev–Trinajstić information content (AvgIpc) is 2.19. The zero-order valence-electron chi connectivity index (χ0n) is 10.4. The summed E-state index contributed by atoms with van der Waals surface area (Å²) in [6, 6.07) is 8.77. The Labute approximate surface area is 97.8 Å². The van der Waals surface area contributed by atoms with Crippen LogP contribution in [0.2, 0.25) is 0 Å². The molecule has 0 aromatic heterocycles. The first-order valence-electron chi connectivity index (χ1n) is 5.87. The van der Waals surface area contributed by atoms with Crippen molar-refractivity contribution >= 4 is 0 Å². The summed E-state index contributed by atoms with van der Waals surface area (Å²) in [7, 11) is 0. The van der Waals surface area contributed by atoms with E-state index in [-0.39, 0.29) is 10.8 Å². The van der Waals surface area contributed by atoms with Crippen molar-refractivity contribution in [2.75, 3.05) is 19.8 Å². The van der Waals surface area contributed by atoms with E-state index in [1.54, 1.807) is 0 Å². The zero-order valence-corrected chi connectivity index (χ0v) is 10.4. The molecule has 2 heteroatoms. The monoisotopic (exact) mass is 219 g/mol. The molecule has 0 amide bonds. The Morgan fingerprint density at radius 1 is 1.25 bits per heavy atom. The van der Waals surface area contributed by atoms with Crippen LogP contribution in [0.15, 0.2) is 24.3 Å². The number of benzene rings is 1. The van der Waals surface area contributed by atoms with E-state index in [0.29, 0.717) is 6.54 Å². The first kappa shape index (κ1) is 11.6. The molecule has 1 aromatic rings. The lowest BCUT2D eigenvalue weighted by Crippen LogP contribution is -2.59. The van der Waals surface area contributed by atoms with Gasteiger partial charge in [0.15, 0.2) is 0 Å². The first-order chi connectivity index (χ1) is 7.52. The second-order valence-corrected chi connectivity index (χ2v) is 5.53. The minimum Gasteiger partial charge on any atom is -0.379 e. The summed E-state index contributed by atoms with van der Waals surface area (Å²) in [4.78, 5) is 0. The predicted molar refractivity (Wildman–Crippen MR) is 66.5 cm³/mol. The van der Waals surface area contributed by atoms with E-state index >= 15 is 0 Å². The van der Waals surface area contributed by atoms with Gasteiger partial charge >= 0.3 is 0 Å². The standard InChI is InChI=1S/C14H21NO/c1-11-4-6-12(7-5-11)14(9-16-10-14)13(2,3)8-15/h4-7H,8-10,15H2,1-3H3. The van der Waals surface area contributed by atoms with Gasteiger partial charge in [0.25, 0.3) is 0 Å². The third kappa shape index (κ3) is 1.57. The molecule has 0 bridgehead atoms. The summed E-state index contributed by atoms with van der Waals surface area (Å²) in [6.07, 6.45) is 0. The quantitative estimate of drug-likeness (QED) is 0.846. The summed E-state index contributed by atoms with van der Waals surface area (Å²) in [5, 5.41) is 0. The van der Waals surface area contributed by atoms with Crippen LogP contribution in [0.5, 0.6) is 0 Å². The van der Waals surface area contributed by atoms with Crippen LogP contribution in [-0.4, -0.2) is 19.8 Å². The fourth-order valence-electron chi connectivity index (χ4n) is 2.32. The molecular formula is C14H21NO. The van der Waals surface area contributed by atoms with E-state index in [2.05, 4.69) is 45.0 Å². The largest absolute Gasteiger partial charge is 0.379 e. The Morgan fingerprint density at radius 2 is 1.81 bits per heavy atom. The Balaban J connectivity index is 2.39. The maximum atomic E-state index is 5.91. The summed E-state index contributed by atoms with van der Waals surface area (Å²) >= 11 is 0. The van der Waals surface area contributed by atoms with Crippen molar-refractivity contribution in [1.82, 2.24) is 0 Å². The lowest BCUT2D eigenvalue weighted by molar-refractivity contribution is -0.116. The molecule has 88 valence electrons. The molecule has 1 aliphatic rings. The van der Waals surface area contributed by atoms with Crippen LogP contribution in [0.4, 0.5) is 0 Å². The van der Waals surface area contributed by atoms with Crippen LogP contribution in [0, 0.1) is 12.3 Å². The Hall–Kier alpha value is -0.860. The second kappa shape index (κ2) is 3.86. The van der Waals surface area contributed by atoms with Crippen LogP contribution in [0.3, 0.4) is 0 Å². The average molecular weight is 219 g/mol. The molecule has 16 heavy (non-hydrogen) atoms. The van der Waals surface area contributed by atoms with E-state index in [0.717, 1.165) is 13.2 Å². The van der Waals surface area contributed by atoms with E-state index in [4.69, 9.17) is 10.5 Å². The fourth-order valence-corrected chi connectivity index (χ4v) is 2.32. The first-order valence-corrected chi connectivity index (χ1v) is 5.87. The molecule has 2 nitrogen and oxygen atoms in total. The van der Waals surface area contributed by atoms with Gasteiger partial charge in [0.05, 0.1) is 13.2 Å². The van der Waals surface area contributed by atoms with E-state index in [1.807, 2.05) is 0 Å². The summed E-state index contributed by atoms with van der Waals surface area (Å²) in [5.41, 5.74) is 8.76. The molecule has 0 saturated carbocycles. The minimum absolute atomic E-state index is 0.0838. The molecule has 1 fully saturated rings. The highest BCUT2D eigenvalue weighted by atomic mass is 16.5. The van der Waals surface area contributed by atoms with Crippen LogP contribution in [0.25, 0.3) is 0 Å². The molecule has 0 atom stereocenters. The summed E-state index contributed by atoms with van der Waals surface area (Å²) in [5.74, 6) is 0. The lowest BCUT2D eigenvalue weighted by Gasteiger charge is -2.52. The number of hydrogen-bond acceptors (Lipinski definition) is 2.